The van der Waals surface area contributed by atoms with Crippen LogP contribution in [0.1, 0.15) is 49.6 Å². The molecule has 1 aliphatic heterocycles. The number of carbonyl (C=O) groups is 2. The number of rotatable bonds is 4. The minimum atomic E-state index is -0.146. The molecule has 1 saturated carbocycles. The van der Waals surface area contributed by atoms with Gasteiger partial charge in [-0.2, -0.15) is 0 Å². The van der Waals surface area contributed by atoms with Crippen molar-refractivity contribution in [3.8, 4) is 0 Å². The highest BCUT2D eigenvalue weighted by Crippen LogP contribution is 2.18. The number of piperazine rings is 1. The van der Waals surface area contributed by atoms with Crippen LogP contribution < -0.4 is 5.32 Å². The Morgan fingerprint density at radius 2 is 1.88 bits per heavy atom. The van der Waals surface area contributed by atoms with Gasteiger partial charge in [0.15, 0.2) is 5.76 Å². The summed E-state index contributed by atoms with van der Waals surface area (Å²) in [5.41, 5.74) is 0. The van der Waals surface area contributed by atoms with Crippen LogP contribution in [0, 0.1) is 0 Å². The lowest BCUT2D eigenvalue weighted by atomic mass is 9.95. The SMILES string of the molecule is CC(C(=O)NC1CCCCC1)N1CCN(C(=O)c2ccco2)CC1. The van der Waals surface area contributed by atoms with Crippen molar-refractivity contribution >= 4 is 11.8 Å². The molecule has 6 nitrogen and oxygen atoms in total. The molecule has 0 bridgehead atoms. The summed E-state index contributed by atoms with van der Waals surface area (Å²) in [5, 5.41) is 3.20. The van der Waals surface area contributed by atoms with E-state index in [-0.39, 0.29) is 17.9 Å². The van der Waals surface area contributed by atoms with E-state index in [9.17, 15) is 9.59 Å². The Morgan fingerprint density at radius 1 is 1.17 bits per heavy atom. The van der Waals surface area contributed by atoms with Crippen LogP contribution in [0.2, 0.25) is 0 Å². The lowest BCUT2D eigenvalue weighted by molar-refractivity contribution is -0.127. The highest BCUT2D eigenvalue weighted by atomic mass is 16.3. The summed E-state index contributed by atoms with van der Waals surface area (Å²) in [7, 11) is 0. The van der Waals surface area contributed by atoms with Gasteiger partial charge >= 0.3 is 0 Å². The standard InChI is InChI=1S/C18H27N3O3/c1-14(17(22)19-15-6-3-2-4-7-15)20-9-11-21(12-10-20)18(23)16-8-5-13-24-16/h5,8,13-15H,2-4,6-7,9-12H2,1H3,(H,19,22). The quantitative estimate of drug-likeness (QED) is 0.913. The molecule has 24 heavy (non-hydrogen) atoms. The van der Waals surface area contributed by atoms with Crippen molar-refractivity contribution in [1.82, 2.24) is 15.1 Å². The first-order valence-electron chi connectivity index (χ1n) is 9.02. The molecule has 3 rings (SSSR count). The third-order valence-corrected chi connectivity index (χ3v) is 5.21. The molecule has 2 heterocycles. The number of carbonyl (C=O) groups excluding carboxylic acids is 2. The second kappa shape index (κ2) is 7.83. The zero-order valence-electron chi connectivity index (χ0n) is 14.4. The Balaban J connectivity index is 1.46. The molecule has 132 valence electrons. The Hall–Kier alpha value is -1.82. The molecule has 2 aliphatic rings. The molecule has 1 N–H and O–H groups in total. The van der Waals surface area contributed by atoms with Crippen molar-refractivity contribution in [2.24, 2.45) is 0 Å². The second-order valence-corrected chi connectivity index (χ2v) is 6.82. The van der Waals surface area contributed by atoms with E-state index in [1.807, 2.05) is 6.92 Å². The van der Waals surface area contributed by atoms with Gasteiger partial charge in [-0.1, -0.05) is 19.3 Å². The number of nitrogens with one attached hydrogen (secondary N) is 1. The van der Waals surface area contributed by atoms with Crippen LogP contribution in [0.3, 0.4) is 0 Å². The van der Waals surface area contributed by atoms with E-state index in [0.29, 0.717) is 38.0 Å². The number of hydrogen-bond acceptors (Lipinski definition) is 4. The van der Waals surface area contributed by atoms with E-state index in [1.54, 1.807) is 17.0 Å². The monoisotopic (exact) mass is 333 g/mol. The summed E-state index contributed by atoms with van der Waals surface area (Å²) in [4.78, 5) is 28.7. The van der Waals surface area contributed by atoms with Gasteiger partial charge in [-0.05, 0) is 31.9 Å². The average Bonchev–Trinajstić information content (AvgIpc) is 3.16. The normalized spacial score (nSPS) is 21.5. The predicted octanol–water partition coefficient (Wildman–Crippen LogP) is 1.87. The van der Waals surface area contributed by atoms with Crippen molar-refractivity contribution in [3.63, 3.8) is 0 Å². The minimum Gasteiger partial charge on any atom is -0.459 e. The Kier molecular flexibility index (Phi) is 5.56. The zero-order valence-corrected chi connectivity index (χ0v) is 14.4. The summed E-state index contributed by atoms with van der Waals surface area (Å²) < 4.78 is 5.18. The maximum Gasteiger partial charge on any atom is 0.289 e. The summed E-state index contributed by atoms with van der Waals surface area (Å²) in [6.45, 7) is 4.64. The fourth-order valence-corrected chi connectivity index (χ4v) is 3.60. The Bertz CT molecular complexity index is 544. The van der Waals surface area contributed by atoms with E-state index < -0.39 is 0 Å². The Morgan fingerprint density at radius 3 is 2.50 bits per heavy atom. The lowest BCUT2D eigenvalue weighted by Gasteiger charge is -2.37. The van der Waals surface area contributed by atoms with Gasteiger partial charge in [0, 0.05) is 32.2 Å². The molecular formula is C18H27N3O3. The third kappa shape index (κ3) is 3.98. The number of furan rings is 1. The molecule has 1 saturated heterocycles. The van der Waals surface area contributed by atoms with E-state index in [1.165, 1.54) is 25.5 Å². The van der Waals surface area contributed by atoms with Crippen molar-refractivity contribution in [3.05, 3.63) is 24.2 Å². The molecule has 1 aromatic heterocycles. The van der Waals surface area contributed by atoms with Gasteiger partial charge in [0.05, 0.1) is 12.3 Å². The summed E-state index contributed by atoms with van der Waals surface area (Å²) in [6, 6.07) is 3.61. The largest absolute Gasteiger partial charge is 0.459 e. The summed E-state index contributed by atoms with van der Waals surface area (Å²) in [6.07, 6.45) is 7.43. The summed E-state index contributed by atoms with van der Waals surface area (Å²) >= 11 is 0. The highest BCUT2D eigenvalue weighted by Gasteiger charge is 2.29. The smallest absolute Gasteiger partial charge is 0.289 e. The lowest BCUT2D eigenvalue weighted by Crippen LogP contribution is -2.56. The van der Waals surface area contributed by atoms with E-state index >= 15 is 0 Å². The average molecular weight is 333 g/mol. The van der Waals surface area contributed by atoms with Crippen LogP contribution in [0.4, 0.5) is 0 Å². The Labute approximate surface area is 143 Å². The van der Waals surface area contributed by atoms with Crippen LogP contribution in [0.25, 0.3) is 0 Å². The highest BCUT2D eigenvalue weighted by molar-refractivity contribution is 5.91. The number of nitrogens with zero attached hydrogens (tertiary/aromatic N) is 2. The van der Waals surface area contributed by atoms with Crippen molar-refractivity contribution in [2.45, 2.75) is 51.1 Å². The number of hydrogen-bond donors (Lipinski definition) is 1. The van der Waals surface area contributed by atoms with E-state index in [4.69, 9.17) is 4.42 Å². The predicted molar refractivity (Wildman–Crippen MR) is 90.7 cm³/mol. The molecule has 1 aromatic rings. The summed E-state index contributed by atoms with van der Waals surface area (Å²) in [5.74, 6) is 0.429. The minimum absolute atomic E-state index is 0.0704. The molecule has 1 unspecified atom stereocenters. The molecular weight excluding hydrogens is 306 g/mol. The fraction of sp³-hybridized carbons (Fsp3) is 0.667. The molecule has 2 amide bonds. The van der Waals surface area contributed by atoms with Crippen LogP contribution in [-0.2, 0) is 4.79 Å². The first-order valence-corrected chi connectivity index (χ1v) is 9.02. The van der Waals surface area contributed by atoms with Gasteiger partial charge in [-0.25, -0.2) is 0 Å². The van der Waals surface area contributed by atoms with Gasteiger partial charge in [0.2, 0.25) is 5.91 Å². The van der Waals surface area contributed by atoms with E-state index in [0.717, 1.165) is 12.8 Å². The van der Waals surface area contributed by atoms with Gasteiger partial charge in [0.1, 0.15) is 0 Å². The molecule has 0 aromatic carbocycles. The molecule has 6 heteroatoms. The van der Waals surface area contributed by atoms with E-state index in [2.05, 4.69) is 10.2 Å². The molecule has 0 radical (unpaired) electrons. The van der Waals surface area contributed by atoms with Crippen molar-refractivity contribution < 1.29 is 14.0 Å². The van der Waals surface area contributed by atoms with Crippen LogP contribution >= 0.6 is 0 Å². The third-order valence-electron chi connectivity index (χ3n) is 5.21. The zero-order chi connectivity index (χ0) is 16.9. The molecule has 1 atom stereocenters. The van der Waals surface area contributed by atoms with Crippen LogP contribution in [0.5, 0.6) is 0 Å². The second-order valence-electron chi connectivity index (χ2n) is 6.82. The molecule has 2 fully saturated rings. The first-order chi connectivity index (χ1) is 11.6. The van der Waals surface area contributed by atoms with Crippen molar-refractivity contribution in [2.75, 3.05) is 26.2 Å². The van der Waals surface area contributed by atoms with Gasteiger partial charge in [-0.15, -0.1) is 0 Å². The maximum absolute atomic E-state index is 12.5. The molecule has 1 aliphatic carbocycles. The van der Waals surface area contributed by atoms with Crippen LogP contribution in [0.15, 0.2) is 22.8 Å². The van der Waals surface area contributed by atoms with Crippen molar-refractivity contribution in [1.29, 1.82) is 0 Å². The molecule has 0 spiro atoms. The topological polar surface area (TPSA) is 65.8 Å². The van der Waals surface area contributed by atoms with Crippen LogP contribution in [-0.4, -0.2) is 59.9 Å². The number of amides is 2. The maximum atomic E-state index is 12.5. The van der Waals surface area contributed by atoms with Gasteiger partial charge in [0.25, 0.3) is 5.91 Å². The van der Waals surface area contributed by atoms with Gasteiger partial charge in [-0.3, -0.25) is 14.5 Å². The first kappa shape index (κ1) is 17.0. The van der Waals surface area contributed by atoms with Gasteiger partial charge < -0.3 is 14.6 Å². The fourth-order valence-electron chi connectivity index (χ4n) is 3.60.